The topological polar surface area (TPSA) is 57.0 Å². The third kappa shape index (κ3) is 4.22. The van der Waals surface area contributed by atoms with Crippen LogP contribution in [0.4, 0.5) is 0 Å². The molecule has 11 rings (SSSR count). The van der Waals surface area contributed by atoms with E-state index in [0.717, 1.165) is 71.9 Å². The van der Waals surface area contributed by atoms with Crippen molar-refractivity contribution in [2.45, 2.75) is 0 Å². The summed E-state index contributed by atoms with van der Waals surface area (Å²) in [4.78, 5) is 10.4. The SMILES string of the molecule is c1cc(-c2cccc(-n3c4ccccc4c4ccccc43)c2)cc(-c2nc(-c3cccc4c3oc3ccccc34)c3c(n2)oc2ccccc23)c1. The minimum atomic E-state index is 0.545. The molecule has 4 heterocycles. The van der Waals surface area contributed by atoms with Crippen molar-refractivity contribution < 1.29 is 8.83 Å². The first-order chi connectivity index (χ1) is 25.3. The second-order valence-electron chi connectivity index (χ2n) is 13.0. The third-order valence-corrected chi connectivity index (χ3v) is 10.0. The molecule has 0 aliphatic rings. The number of aromatic nitrogens is 3. The Hall–Kier alpha value is -6.98. The maximum atomic E-state index is 6.50. The van der Waals surface area contributed by atoms with E-state index in [1.807, 2.05) is 36.4 Å². The number of fused-ring (bicyclic) bond motifs is 9. The number of hydrogen-bond acceptors (Lipinski definition) is 4. The summed E-state index contributed by atoms with van der Waals surface area (Å²) >= 11 is 0. The average Bonchev–Trinajstić information content (AvgIpc) is 3.87. The van der Waals surface area contributed by atoms with Gasteiger partial charge in [0.25, 0.3) is 0 Å². The van der Waals surface area contributed by atoms with Crippen molar-refractivity contribution in [1.29, 1.82) is 0 Å². The number of furan rings is 2. The fourth-order valence-corrected chi connectivity index (χ4v) is 7.74. The quantitative estimate of drug-likeness (QED) is 0.190. The van der Waals surface area contributed by atoms with E-state index in [0.29, 0.717) is 11.5 Å². The van der Waals surface area contributed by atoms with Gasteiger partial charge in [-0.1, -0.05) is 115 Å². The predicted octanol–water partition coefficient (Wildman–Crippen LogP) is 12.4. The molecular formula is C46H27N3O2. The van der Waals surface area contributed by atoms with Crippen molar-refractivity contribution in [3.05, 3.63) is 164 Å². The Balaban J connectivity index is 1.10. The van der Waals surface area contributed by atoms with Crippen LogP contribution in [0.5, 0.6) is 0 Å². The van der Waals surface area contributed by atoms with E-state index in [2.05, 4.69) is 132 Å². The Morgan fingerprint density at radius 3 is 1.80 bits per heavy atom. The van der Waals surface area contributed by atoms with Gasteiger partial charge in [-0.3, -0.25) is 0 Å². The molecule has 0 saturated carbocycles. The first kappa shape index (κ1) is 27.9. The van der Waals surface area contributed by atoms with Gasteiger partial charge < -0.3 is 13.4 Å². The minimum Gasteiger partial charge on any atom is -0.455 e. The Kier molecular flexibility index (Phi) is 5.89. The van der Waals surface area contributed by atoms with Gasteiger partial charge in [-0.2, -0.15) is 4.98 Å². The number of nitrogens with zero attached hydrogens (tertiary/aromatic N) is 3. The Morgan fingerprint density at radius 1 is 0.431 bits per heavy atom. The Bertz CT molecular complexity index is 3110. The summed E-state index contributed by atoms with van der Waals surface area (Å²) in [5, 5.41) is 6.46. The zero-order valence-corrected chi connectivity index (χ0v) is 27.2. The molecule has 0 aliphatic carbocycles. The van der Waals surface area contributed by atoms with Crippen molar-refractivity contribution in [3.8, 4) is 39.5 Å². The molecule has 0 radical (unpaired) electrons. The zero-order valence-electron chi connectivity index (χ0n) is 27.2. The lowest BCUT2D eigenvalue weighted by Gasteiger charge is -2.11. The molecule has 0 bridgehead atoms. The van der Waals surface area contributed by atoms with Crippen LogP contribution in [-0.2, 0) is 0 Å². The van der Waals surface area contributed by atoms with Crippen LogP contribution in [0.15, 0.2) is 173 Å². The maximum absolute atomic E-state index is 6.50. The molecule has 0 atom stereocenters. The molecule has 0 fully saturated rings. The van der Waals surface area contributed by atoms with Gasteiger partial charge in [0.2, 0.25) is 5.71 Å². The van der Waals surface area contributed by atoms with E-state index >= 15 is 0 Å². The lowest BCUT2D eigenvalue weighted by Crippen LogP contribution is -1.95. The largest absolute Gasteiger partial charge is 0.455 e. The van der Waals surface area contributed by atoms with E-state index in [4.69, 9.17) is 18.8 Å². The number of benzene rings is 7. The minimum absolute atomic E-state index is 0.545. The molecule has 0 spiro atoms. The summed E-state index contributed by atoms with van der Waals surface area (Å²) in [7, 11) is 0. The highest BCUT2D eigenvalue weighted by molar-refractivity contribution is 6.16. The molecule has 5 heteroatoms. The van der Waals surface area contributed by atoms with Gasteiger partial charge in [-0.05, 0) is 59.7 Å². The summed E-state index contributed by atoms with van der Waals surface area (Å²) in [6, 6.07) is 56.8. The van der Waals surface area contributed by atoms with E-state index in [-0.39, 0.29) is 0 Å². The van der Waals surface area contributed by atoms with Gasteiger partial charge in [-0.25, -0.2) is 4.98 Å². The standard InChI is InChI=1S/C46H27N3O2/c1-5-22-38-32(16-1)33-17-2-6-23-39(33)49(38)31-15-10-13-29(27-31)28-12-9-14-30(26-28)45-47-43(42-36-19-4-8-25-41(36)51-46(42)48-45)37-21-11-20-35-34-18-3-7-24-40(34)50-44(35)37/h1-27H. The molecule has 0 aliphatic heterocycles. The van der Waals surface area contributed by atoms with Crippen molar-refractivity contribution in [2.24, 2.45) is 0 Å². The summed E-state index contributed by atoms with van der Waals surface area (Å²) in [6.07, 6.45) is 0. The summed E-state index contributed by atoms with van der Waals surface area (Å²) in [6.45, 7) is 0. The summed E-state index contributed by atoms with van der Waals surface area (Å²) in [5.74, 6) is 0.588. The van der Waals surface area contributed by atoms with E-state index in [1.54, 1.807) is 0 Å². The smallest absolute Gasteiger partial charge is 0.231 e. The van der Waals surface area contributed by atoms with Gasteiger partial charge >= 0.3 is 0 Å². The van der Waals surface area contributed by atoms with Crippen molar-refractivity contribution >= 4 is 65.8 Å². The van der Waals surface area contributed by atoms with E-state index < -0.39 is 0 Å². The van der Waals surface area contributed by atoms with Gasteiger partial charge in [0.1, 0.15) is 16.7 Å². The molecule has 11 aromatic rings. The normalized spacial score (nSPS) is 11.9. The van der Waals surface area contributed by atoms with Crippen LogP contribution in [-0.4, -0.2) is 14.5 Å². The number of para-hydroxylation sites is 5. The predicted molar refractivity (Wildman–Crippen MR) is 207 cm³/mol. The maximum Gasteiger partial charge on any atom is 0.231 e. The van der Waals surface area contributed by atoms with Gasteiger partial charge in [-0.15, -0.1) is 0 Å². The molecule has 4 aromatic heterocycles. The fraction of sp³-hybridized carbons (Fsp3) is 0. The van der Waals surface area contributed by atoms with Crippen molar-refractivity contribution in [3.63, 3.8) is 0 Å². The van der Waals surface area contributed by atoms with E-state index in [1.165, 1.54) is 21.8 Å². The van der Waals surface area contributed by atoms with Crippen LogP contribution >= 0.6 is 0 Å². The van der Waals surface area contributed by atoms with Crippen LogP contribution in [0.1, 0.15) is 0 Å². The van der Waals surface area contributed by atoms with E-state index in [9.17, 15) is 0 Å². The number of rotatable bonds is 4. The Labute approximate surface area is 291 Å². The zero-order chi connectivity index (χ0) is 33.5. The molecule has 0 unspecified atom stereocenters. The molecule has 7 aromatic carbocycles. The van der Waals surface area contributed by atoms with Crippen molar-refractivity contribution in [1.82, 2.24) is 14.5 Å². The molecule has 5 nitrogen and oxygen atoms in total. The van der Waals surface area contributed by atoms with Gasteiger partial charge in [0.05, 0.1) is 22.1 Å². The molecule has 238 valence electrons. The fourth-order valence-electron chi connectivity index (χ4n) is 7.74. The molecular weight excluding hydrogens is 627 g/mol. The molecule has 0 saturated heterocycles. The first-order valence-corrected chi connectivity index (χ1v) is 17.1. The summed E-state index contributed by atoms with van der Waals surface area (Å²) < 4.78 is 15.3. The number of hydrogen-bond donors (Lipinski definition) is 0. The second-order valence-corrected chi connectivity index (χ2v) is 13.0. The van der Waals surface area contributed by atoms with Gasteiger partial charge in [0.15, 0.2) is 5.82 Å². The summed E-state index contributed by atoms with van der Waals surface area (Å²) in [5.41, 5.74) is 11.2. The molecule has 0 amide bonds. The van der Waals surface area contributed by atoms with Crippen LogP contribution in [0.2, 0.25) is 0 Å². The monoisotopic (exact) mass is 653 g/mol. The van der Waals surface area contributed by atoms with Crippen LogP contribution < -0.4 is 0 Å². The lowest BCUT2D eigenvalue weighted by molar-refractivity contribution is 0.653. The van der Waals surface area contributed by atoms with Crippen LogP contribution in [0, 0.1) is 0 Å². The second kappa shape index (κ2) is 10.8. The van der Waals surface area contributed by atoms with Gasteiger partial charge in [0, 0.05) is 43.7 Å². The lowest BCUT2D eigenvalue weighted by atomic mass is 10.0. The Morgan fingerprint density at radius 2 is 1.02 bits per heavy atom. The highest BCUT2D eigenvalue weighted by atomic mass is 16.3. The highest BCUT2D eigenvalue weighted by Crippen LogP contribution is 2.41. The first-order valence-electron chi connectivity index (χ1n) is 17.1. The van der Waals surface area contributed by atoms with Crippen molar-refractivity contribution in [2.75, 3.05) is 0 Å². The molecule has 51 heavy (non-hydrogen) atoms. The molecule has 0 N–H and O–H groups in total. The highest BCUT2D eigenvalue weighted by Gasteiger charge is 2.22. The average molecular weight is 654 g/mol. The third-order valence-electron chi connectivity index (χ3n) is 10.0. The van der Waals surface area contributed by atoms with Crippen LogP contribution in [0.25, 0.3) is 105 Å². The van der Waals surface area contributed by atoms with Crippen LogP contribution in [0.3, 0.4) is 0 Å².